The Hall–Kier alpha value is -3.36. The summed E-state index contributed by atoms with van der Waals surface area (Å²) in [7, 11) is 0. The molecule has 134 valence electrons. The van der Waals surface area contributed by atoms with Gasteiger partial charge in [-0.05, 0) is 42.3 Å². The van der Waals surface area contributed by atoms with Crippen LogP contribution >= 0.6 is 0 Å². The van der Waals surface area contributed by atoms with Crippen LogP contribution in [-0.4, -0.2) is 34.8 Å². The van der Waals surface area contributed by atoms with Crippen LogP contribution in [0.25, 0.3) is 0 Å². The number of hydrazone groups is 1. The van der Waals surface area contributed by atoms with Gasteiger partial charge in [0.05, 0.1) is 6.21 Å². The van der Waals surface area contributed by atoms with Crippen molar-refractivity contribution in [3.05, 3.63) is 59.9 Å². The van der Waals surface area contributed by atoms with Crippen molar-refractivity contribution >= 4 is 18.2 Å². The third-order valence-electron chi connectivity index (χ3n) is 3.85. The summed E-state index contributed by atoms with van der Waals surface area (Å²) >= 11 is 0. The number of nitrogens with one attached hydrogen (secondary N) is 1. The molecule has 3 amide bonds. The Morgan fingerprint density at radius 3 is 2.46 bits per heavy atom. The molecule has 1 saturated heterocycles. The second-order valence-electron chi connectivity index (χ2n) is 5.60. The molecule has 26 heavy (non-hydrogen) atoms. The van der Waals surface area contributed by atoms with Gasteiger partial charge in [0.2, 0.25) is 0 Å². The summed E-state index contributed by atoms with van der Waals surface area (Å²) in [6.45, 7) is -1.43. The molecular formula is C17H14F2N4O3. The number of imide groups is 1. The molecule has 2 aromatic rings. The maximum Gasteiger partial charge on any atom is 0.387 e. The molecule has 2 heterocycles. The number of aromatic nitrogens is 1. The lowest BCUT2D eigenvalue weighted by atomic mass is 9.92. The first-order valence-corrected chi connectivity index (χ1v) is 7.56. The zero-order valence-corrected chi connectivity index (χ0v) is 13.6. The second-order valence-corrected chi connectivity index (χ2v) is 5.60. The monoisotopic (exact) mass is 360 g/mol. The van der Waals surface area contributed by atoms with E-state index in [-0.39, 0.29) is 5.75 Å². The van der Waals surface area contributed by atoms with Gasteiger partial charge in [-0.25, -0.2) is 4.79 Å². The lowest BCUT2D eigenvalue weighted by molar-refractivity contribution is -0.131. The first-order valence-electron chi connectivity index (χ1n) is 7.56. The smallest absolute Gasteiger partial charge is 0.387 e. The Balaban J connectivity index is 1.81. The number of pyridine rings is 1. The summed E-state index contributed by atoms with van der Waals surface area (Å²) in [4.78, 5) is 28.7. The fourth-order valence-electron chi connectivity index (χ4n) is 2.47. The van der Waals surface area contributed by atoms with Gasteiger partial charge in [-0.1, -0.05) is 12.1 Å². The van der Waals surface area contributed by atoms with Crippen LogP contribution in [0.5, 0.6) is 5.75 Å². The molecule has 0 saturated carbocycles. The molecule has 1 atom stereocenters. The number of hydrogen-bond acceptors (Lipinski definition) is 5. The molecule has 0 bridgehead atoms. The van der Waals surface area contributed by atoms with Gasteiger partial charge < -0.3 is 10.1 Å². The number of carbonyl (C=O) groups is 2. The van der Waals surface area contributed by atoms with Crippen LogP contribution in [0.4, 0.5) is 13.6 Å². The normalized spacial score (nSPS) is 20.1. The molecule has 7 nitrogen and oxygen atoms in total. The van der Waals surface area contributed by atoms with Crippen LogP contribution in [0, 0.1) is 0 Å². The minimum atomic E-state index is -2.94. The van der Waals surface area contributed by atoms with Gasteiger partial charge in [-0.2, -0.15) is 13.9 Å². The maximum atomic E-state index is 12.7. The number of carbonyl (C=O) groups excluding carboxylic acids is 2. The average Bonchev–Trinajstić information content (AvgIpc) is 2.84. The van der Waals surface area contributed by atoms with Crippen LogP contribution in [-0.2, 0) is 10.3 Å². The topological polar surface area (TPSA) is 83.9 Å². The number of amides is 3. The lowest BCUT2D eigenvalue weighted by Gasteiger charge is -2.21. The average molecular weight is 360 g/mol. The quantitative estimate of drug-likeness (QED) is 0.656. The number of rotatable bonds is 5. The Morgan fingerprint density at radius 1 is 1.19 bits per heavy atom. The van der Waals surface area contributed by atoms with Gasteiger partial charge in [0.1, 0.15) is 11.3 Å². The molecule has 1 aliphatic heterocycles. The Morgan fingerprint density at radius 2 is 1.85 bits per heavy atom. The number of hydrogen-bond donors (Lipinski definition) is 1. The van der Waals surface area contributed by atoms with Crippen molar-refractivity contribution in [2.45, 2.75) is 19.1 Å². The Kier molecular flexibility index (Phi) is 4.61. The Labute approximate surface area is 147 Å². The van der Waals surface area contributed by atoms with E-state index in [0.717, 1.165) is 5.01 Å². The number of urea groups is 1. The molecule has 0 radical (unpaired) electrons. The maximum absolute atomic E-state index is 12.7. The van der Waals surface area contributed by atoms with Gasteiger partial charge in [0, 0.05) is 12.4 Å². The van der Waals surface area contributed by atoms with Crippen molar-refractivity contribution in [1.82, 2.24) is 15.3 Å². The standard InChI is InChI=1S/C17H14F2N4O3/c1-17(12-2-4-13(5-3-12)26-15(18)19)14(24)23(16(25)22-17)21-10-11-6-8-20-9-7-11/h2-10,15H,1H3,(H,22,25)/b21-10-/t17-/m1/s1. The molecule has 0 unspecified atom stereocenters. The zero-order valence-electron chi connectivity index (χ0n) is 13.6. The third-order valence-corrected chi connectivity index (χ3v) is 3.85. The second kappa shape index (κ2) is 6.87. The highest BCUT2D eigenvalue weighted by atomic mass is 19.3. The van der Waals surface area contributed by atoms with E-state index < -0.39 is 24.1 Å². The SMILES string of the molecule is C[C@]1(c2ccc(OC(F)F)cc2)NC(=O)N(/N=C\c2ccncc2)C1=O. The molecule has 1 aliphatic rings. The van der Waals surface area contributed by atoms with Crippen molar-refractivity contribution in [2.75, 3.05) is 0 Å². The molecule has 1 fully saturated rings. The van der Waals surface area contributed by atoms with Gasteiger partial charge in [0.15, 0.2) is 0 Å². The third kappa shape index (κ3) is 3.37. The van der Waals surface area contributed by atoms with Gasteiger partial charge in [0.25, 0.3) is 5.91 Å². The van der Waals surface area contributed by atoms with Gasteiger partial charge in [-0.15, -0.1) is 5.01 Å². The minimum absolute atomic E-state index is 0.0447. The highest BCUT2D eigenvalue weighted by Gasteiger charge is 2.49. The highest BCUT2D eigenvalue weighted by molar-refractivity contribution is 6.07. The zero-order chi connectivity index (χ0) is 18.7. The van der Waals surface area contributed by atoms with Crippen molar-refractivity contribution in [3.8, 4) is 5.75 Å². The van der Waals surface area contributed by atoms with Crippen molar-refractivity contribution in [2.24, 2.45) is 5.10 Å². The highest BCUT2D eigenvalue weighted by Crippen LogP contribution is 2.30. The summed E-state index contributed by atoms with van der Waals surface area (Å²) < 4.78 is 28.7. The lowest BCUT2D eigenvalue weighted by Crippen LogP contribution is -2.40. The van der Waals surface area contributed by atoms with E-state index in [1.807, 2.05) is 0 Å². The number of ether oxygens (including phenoxy) is 1. The van der Waals surface area contributed by atoms with Crippen LogP contribution in [0.2, 0.25) is 0 Å². The predicted octanol–water partition coefficient (Wildman–Crippen LogP) is 2.48. The van der Waals surface area contributed by atoms with Crippen molar-refractivity contribution in [1.29, 1.82) is 0 Å². The Bertz CT molecular complexity index is 843. The summed E-state index contributed by atoms with van der Waals surface area (Å²) in [5.41, 5.74) is -0.280. The van der Waals surface area contributed by atoms with Crippen LogP contribution in [0.15, 0.2) is 53.9 Å². The number of nitrogens with zero attached hydrogens (tertiary/aromatic N) is 3. The van der Waals surface area contributed by atoms with Crippen molar-refractivity contribution in [3.63, 3.8) is 0 Å². The molecule has 0 aliphatic carbocycles. The number of alkyl halides is 2. The molecule has 0 spiro atoms. The van der Waals surface area contributed by atoms with Crippen LogP contribution < -0.4 is 10.1 Å². The first kappa shape index (κ1) is 17.5. The largest absolute Gasteiger partial charge is 0.435 e. The van der Waals surface area contributed by atoms with Gasteiger partial charge >= 0.3 is 12.6 Å². The molecular weight excluding hydrogens is 346 g/mol. The van der Waals surface area contributed by atoms with Gasteiger partial charge in [-0.3, -0.25) is 9.78 Å². The molecule has 3 rings (SSSR count). The minimum Gasteiger partial charge on any atom is -0.435 e. The summed E-state index contributed by atoms with van der Waals surface area (Å²) in [6.07, 6.45) is 4.48. The van der Waals surface area contributed by atoms with Crippen LogP contribution in [0.3, 0.4) is 0 Å². The van der Waals surface area contributed by atoms with E-state index in [2.05, 4.69) is 20.1 Å². The van der Waals surface area contributed by atoms with E-state index in [0.29, 0.717) is 11.1 Å². The molecule has 9 heteroatoms. The molecule has 1 aromatic carbocycles. The van der Waals surface area contributed by atoms with E-state index >= 15 is 0 Å². The summed E-state index contributed by atoms with van der Waals surface area (Å²) in [5.74, 6) is -0.632. The van der Waals surface area contributed by atoms with Crippen molar-refractivity contribution < 1.29 is 23.1 Å². The van der Waals surface area contributed by atoms with E-state index in [9.17, 15) is 18.4 Å². The molecule has 1 aromatic heterocycles. The van der Waals surface area contributed by atoms with Crippen LogP contribution in [0.1, 0.15) is 18.1 Å². The van der Waals surface area contributed by atoms with E-state index in [1.165, 1.54) is 37.4 Å². The summed E-state index contributed by atoms with van der Waals surface area (Å²) in [6, 6.07) is 8.13. The fraction of sp³-hybridized carbons (Fsp3) is 0.176. The summed E-state index contributed by atoms with van der Waals surface area (Å²) in [5, 5.41) is 7.22. The fourth-order valence-corrected chi connectivity index (χ4v) is 2.47. The first-order chi connectivity index (χ1) is 12.4. The van der Waals surface area contributed by atoms with E-state index in [4.69, 9.17) is 0 Å². The van der Waals surface area contributed by atoms with E-state index in [1.54, 1.807) is 24.5 Å². The predicted molar refractivity (Wildman–Crippen MR) is 87.6 cm³/mol. The number of halogens is 2. The number of benzene rings is 1. The molecule has 1 N–H and O–H groups in total.